The van der Waals surface area contributed by atoms with E-state index in [4.69, 9.17) is 4.74 Å². The first-order valence-corrected chi connectivity index (χ1v) is 5.55. The van der Waals surface area contributed by atoms with Gasteiger partial charge in [0.15, 0.2) is 0 Å². The van der Waals surface area contributed by atoms with Crippen LogP contribution in [0.1, 0.15) is 25.3 Å². The molecule has 1 aromatic rings. The molecule has 1 rings (SSSR count). The van der Waals surface area contributed by atoms with E-state index < -0.39 is 0 Å². The van der Waals surface area contributed by atoms with Gasteiger partial charge in [-0.05, 0) is 31.9 Å². The second kappa shape index (κ2) is 6.82. The van der Waals surface area contributed by atoms with Gasteiger partial charge in [0.05, 0.1) is 6.61 Å². The predicted molar refractivity (Wildman–Crippen MR) is 63.3 cm³/mol. The molecule has 4 nitrogen and oxygen atoms in total. The Kier molecular flexibility index (Phi) is 5.32. The number of pyridine rings is 1. The van der Waals surface area contributed by atoms with Crippen molar-refractivity contribution in [3.8, 4) is 0 Å². The number of nitrogens with zero attached hydrogens (tertiary/aromatic N) is 1. The van der Waals surface area contributed by atoms with E-state index in [1.165, 1.54) is 0 Å². The van der Waals surface area contributed by atoms with Gasteiger partial charge in [-0.1, -0.05) is 6.07 Å². The molecular formula is C12H18N2O2. The molecule has 1 heterocycles. The van der Waals surface area contributed by atoms with E-state index in [0.717, 1.165) is 24.3 Å². The number of nitrogens with one attached hydrogen (secondary N) is 1. The number of hydrogen-bond donors (Lipinski definition) is 1. The van der Waals surface area contributed by atoms with Gasteiger partial charge in [-0.25, -0.2) is 4.98 Å². The second-order valence-electron chi connectivity index (χ2n) is 3.50. The van der Waals surface area contributed by atoms with E-state index in [2.05, 4.69) is 10.3 Å². The Labute approximate surface area is 96.0 Å². The molecule has 0 aliphatic carbocycles. The van der Waals surface area contributed by atoms with Crippen LogP contribution in [0.3, 0.4) is 0 Å². The fourth-order valence-electron chi connectivity index (χ4n) is 1.34. The molecule has 0 atom stereocenters. The third-order valence-corrected chi connectivity index (χ3v) is 2.16. The number of aryl methyl sites for hydroxylation is 1. The van der Waals surface area contributed by atoms with Crippen molar-refractivity contribution in [1.82, 2.24) is 4.98 Å². The molecule has 1 N–H and O–H groups in total. The zero-order valence-electron chi connectivity index (χ0n) is 9.82. The van der Waals surface area contributed by atoms with E-state index in [-0.39, 0.29) is 5.97 Å². The predicted octanol–water partition coefficient (Wildman–Crippen LogP) is 2.15. The number of hydrogen-bond acceptors (Lipinski definition) is 4. The number of ether oxygens (including phenoxy) is 1. The first-order chi connectivity index (χ1) is 7.74. The van der Waals surface area contributed by atoms with Crippen LogP contribution < -0.4 is 5.32 Å². The monoisotopic (exact) mass is 222 g/mol. The maximum absolute atomic E-state index is 11.1. The summed E-state index contributed by atoms with van der Waals surface area (Å²) in [7, 11) is 0. The second-order valence-corrected chi connectivity index (χ2v) is 3.50. The summed E-state index contributed by atoms with van der Waals surface area (Å²) in [6.07, 6.45) is 2.96. The average molecular weight is 222 g/mol. The third-order valence-electron chi connectivity index (χ3n) is 2.16. The summed E-state index contributed by atoms with van der Waals surface area (Å²) in [5.74, 6) is 0.744. The van der Waals surface area contributed by atoms with Crippen LogP contribution in [0.25, 0.3) is 0 Å². The van der Waals surface area contributed by atoms with Gasteiger partial charge < -0.3 is 10.1 Å². The van der Waals surface area contributed by atoms with Crippen molar-refractivity contribution in [2.75, 3.05) is 18.5 Å². The van der Waals surface area contributed by atoms with Crippen molar-refractivity contribution < 1.29 is 9.53 Å². The number of carbonyl (C=O) groups is 1. The number of rotatable bonds is 6. The van der Waals surface area contributed by atoms with Crippen molar-refractivity contribution >= 4 is 11.8 Å². The van der Waals surface area contributed by atoms with Gasteiger partial charge >= 0.3 is 5.97 Å². The Morgan fingerprint density at radius 1 is 1.56 bits per heavy atom. The number of anilines is 1. The molecule has 0 spiro atoms. The summed E-state index contributed by atoms with van der Waals surface area (Å²) in [4.78, 5) is 15.3. The largest absolute Gasteiger partial charge is 0.466 e. The Hall–Kier alpha value is -1.58. The number of aromatic nitrogens is 1. The van der Waals surface area contributed by atoms with Gasteiger partial charge in [0.25, 0.3) is 0 Å². The Morgan fingerprint density at radius 2 is 2.38 bits per heavy atom. The molecule has 0 aromatic carbocycles. The van der Waals surface area contributed by atoms with Gasteiger partial charge in [-0.2, -0.15) is 0 Å². The molecule has 0 aliphatic rings. The topological polar surface area (TPSA) is 51.2 Å². The number of carbonyl (C=O) groups excluding carboxylic acids is 1. The highest BCUT2D eigenvalue weighted by atomic mass is 16.5. The summed E-state index contributed by atoms with van der Waals surface area (Å²) in [6, 6.07) is 3.90. The molecule has 1 aromatic heterocycles. The maximum atomic E-state index is 11.1. The minimum absolute atomic E-state index is 0.137. The fourth-order valence-corrected chi connectivity index (χ4v) is 1.34. The molecule has 16 heavy (non-hydrogen) atoms. The smallest absolute Gasteiger partial charge is 0.305 e. The van der Waals surface area contributed by atoms with Crippen LogP contribution in [0.5, 0.6) is 0 Å². The van der Waals surface area contributed by atoms with Crippen LogP contribution in [-0.2, 0) is 9.53 Å². The summed E-state index contributed by atoms with van der Waals surface area (Å²) < 4.78 is 4.84. The van der Waals surface area contributed by atoms with E-state index in [1.807, 2.05) is 26.0 Å². The fraction of sp³-hybridized carbons (Fsp3) is 0.500. The molecule has 0 saturated heterocycles. The van der Waals surface area contributed by atoms with Crippen molar-refractivity contribution in [2.45, 2.75) is 26.7 Å². The summed E-state index contributed by atoms with van der Waals surface area (Å²) in [6.45, 7) is 5.00. The minimum Gasteiger partial charge on any atom is -0.466 e. The normalized spacial score (nSPS) is 9.88. The van der Waals surface area contributed by atoms with Crippen molar-refractivity contribution in [2.24, 2.45) is 0 Å². The van der Waals surface area contributed by atoms with Crippen molar-refractivity contribution in [1.29, 1.82) is 0 Å². The van der Waals surface area contributed by atoms with Gasteiger partial charge in [0.1, 0.15) is 5.82 Å². The van der Waals surface area contributed by atoms with Crippen LogP contribution in [0, 0.1) is 6.92 Å². The standard InChI is InChI=1S/C12H18N2O2/c1-3-16-11(15)7-5-9-14-12-10(2)6-4-8-13-12/h4,6,8H,3,5,7,9H2,1-2H3,(H,13,14). The van der Waals surface area contributed by atoms with Crippen molar-refractivity contribution in [3.05, 3.63) is 23.9 Å². The molecule has 0 fully saturated rings. The molecular weight excluding hydrogens is 204 g/mol. The molecule has 88 valence electrons. The maximum Gasteiger partial charge on any atom is 0.305 e. The number of esters is 1. The van der Waals surface area contributed by atoms with E-state index in [1.54, 1.807) is 6.20 Å². The first kappa shape index (κ1) is 12.5. The molecule has 0 saturated carbocycles. The summed E-state index contributed by atoms with van der Waals surface area (Å²) in [5.41, 5.74) is 1.11. The van der Waals surface area contributed by atoms with Gasteiger partial charge in [-0.15, -0.1) is 0 Å². The molecule has 0 bridgehead atoms. The zero-order chi connectivity index (χ0) is 11.8. The van der Waals surface area contributed by atoms with Crippen LogP contribution in [0.4, 0.5) is 5.82 Å². The summed E-state index contributed by atoms with van der Waals surface area (Å²) >= 11 is 0. The molecule has 0 unspecified atom stereocenters. The first-order valence-electron chi connectivity index (χ1n) is 5.55. The zero-order valence-corrected chi connectivity index (χ0v) is 9.82. The van der Waals surface area contributed by atoms with Crippen LogP contribution in [0.2, 0.25) is 0 Å². The highest BCUT2D eigenvalue weighted by Gasteiger charge is 2.01. The lowest BCUT2D eigenvalue weighted by Crippen LogP contribution is -2.09. The highest BCUT2D eigenvalue weighted by molar-refractivity contribution is 5.69. The van der Waals surface area contributed by atoms with Gasteiger partial charge in [-0.3, -0.25) is 4.79 Å². The van der Waals surface area contributed by atoms with E-state index in [0.29, 0.717) is 13.0 Å². The van der Waals surface area contributed by atoms with Crippen molar-refractivity contribution in [3.63, 3.8) is 0 Å². The van der Waals surface area contributed by atoms with E-state index in [9.17, 15) is 4.79 Å². The van der Waals surface area contributed by atoms with Crippen LogP contribution in [0.15, 0.2) is 18.3 Å². The lowest BCUT2D eigenvalue weighted by molar-refractivity contribution is -0.143. The SMILES string of the molecule is CCOC(=O)CCCNc1ncccc1C. The summed E-state index contributed by atoms with van der Waals surface area (Å²) in [5, 5.41) is 3.19. The minimum atomic E-state index is -0.137. The Morgan fingerprint density at radius 3 is 3.06 bits per heavy atom. The third kappa shape index (κ3) is 4.29. The van der Waals surface area contributed by atoms with Gasteiger partial charge in [0.2, 0.25) is 0 Å². The average Bonchev–Trinajstić information content (AvgIpc) is 2.27. The molecule has 4 heteroatoms. The molecule has 0 aliphatic heterocycles. The lowest BCUT2D eigenvalue weighted by Gasteiger charge is -2.07. The highest BCUT2D eigenvalue weighted by Crippen LogP contribution is 2.08. The van der Waals surface area contributed by atoms with Crippen LogP contribution >= 0.6 is 0 Å². The van der Waals surface area contributed by atoms with Crippen LogP contribution in [-0.4, -0.2) is 24.1 Å². The quantitative estimate of drug-likeness (QED) is 0.592. The molecule has 0 amide bonds. The van der Waals surface area contributed by atoms with E-state index >= 15 is 0 Å². The molecule has 0 radical (unpaired) electrons. The lowest BCUT2D eigenvalue weighted by atomic mass is 10.2. The van der Waals surface area contributed by atoms with Gasteiger partial charge in [0, 0.05) is 19.2 Å². The Bertz CT molecular complexity index is 340. The Balaban J connectivity index is 2.21.